The topological polar surface area (TPSA) is 15.3 Å². The van der Waals surface area contributed by atoms with Crippen LogP contribution in [0.1, 0.15) is 46.0 Å². The van der Waals surface area contributed by atoms with Gasteiger partial charge in [-0.15, -0.1) is 0 Å². The van der Waals surface area contributed by atoms with Gasteiger partial charge in [-0.05, 0) is 52.6 Å². The molecule has 2 saturated heterocycles. The Morgan fingerprint density at radius 3 is 2.57 bits per heavy atom. The fraction of sp³-hybridized carbons (Fsp3) is 1.00. The van der Waals surface area contributed by atoms with Crippen LogP contribution in [0.15, 0.2) is 0 Å². The van der Waals surface area contributed by atoms with E-state index in [4.69, 9.17) is 0 Å². The third-order valence-electron chi connectivity index (χ3n) is 3.92. The predicted molar refractivity (Wildman–Crippen MR) is 60.5 cm³/mol. The van der Waals surface area contributed by atoms with Crippen molar-refractivity contribution in [2.75, 3.05) is 19.6 Å². The van der Waals surface area contributed by atoms with Crippen LogP contribution >= 0.6 is 0 Å². The van der Waals surface area contributed by atoms with Gasteiger partial charge in [0.2, 0.25) is 0 Å². The number of likely N-dealkylation sites (tertiary alicyclic amines) is 1. The van der Waals surface area contributed by atoms with Gasteiger partial charge < -0.3 is 5.32 Å². The highest BCUT2D eigenvalue weighted by Gasteiger charge is 2.36. The molecule has 0 aromatic heterocycles. The van der Waals surface area contributed by atoms with Crippen molar-refractivity contribution in [1.29, 1.82) is 0 Å². The Bertz CT molecular complexity index is 177. The Morgan fingerprint density at radius 2 is 1.93 bits per heavy atom. The highest BCUT2D eigenvalue weighted by molar-refractivity contribution is 4.97. The zero-order valence-corrected chi connectivity index (χ0v) is 9.68. The number of nitrogens with zero attached hydrogens (tertiary/aromatic N) is 1. The van der Waals surface area contributed by atoms with Gasteiger partial charge in [0.15, 0.2) is 0 Å². The third kappa shape index (κ3) is 2.12. The number of rotatable bonds is 1. The minimum absolute atomic E-state index is 0.487. The highest BCUT2D eigenvalue weighted by Crippen LogP contribution is 2.29. The van der Waals surface area contributed by atoms with Gasteiger partial charge in [0.1, 0.15) is 0 Å². The van der Waals surface area contributed by atoms with Crippen LogP contribution in [0, 0.1) is 0 Å². The number of hydrogen-bond acceptors (Lipinski definition) is 2. The van der Waals surface area contributed by atoms with Crippen molar-refractivity contribution in [1.82, 2.24) is 10.2 Å². The molecule has 0 aliphatic carbocycles. The number of piperidine rings is 2. The van der Waals surface area contributed by atoms with E-state index in [0.717, 1.165) is 6.04 Å². The van der Waals surface area contributed by atoms with Crippen molar-refractivity contribution in [3.63, 3.8) is 0 Å². The SMILES string of the molecule is CC(C)N1CCCC2(CCCCN2)C1. The lowest BCUT2D eigenvalue weighted by Crippen LogP contribution is -2.59. The van der Waals surface area contributed by atoms with E-state index in [2.05, 4.69) is 24.1 Å². The Hall–Kier alpha value is -0.0800. The second-order valence-corrected chi connectivity index (χ2v) is 5.33. The summed E-state index contributed by atoms with van der Waals surface area (Å²) in [5.41, 5.74) is 0.487. The quantitative estimate of drug-likeness (QED) is 0.690. The van der Waals surface area contributed by atoms with E-state index < -0.39 is 0 Å². The van der Waals surface area contributed by atoms with Crippen molar-refractivity contribution in [2.45, 2.75) is 57.5 Å². The van der Waals surface area contributed by atoms with Crippen LogP contribution in [0.25, 0.3) is 0 Å². The van der Waals surface area contributed by atoms with Gasteiger partial charge in [-0.3, -0.25) is 4.90 Å². The molecule has 0 bridgehead atoms. The second-order valence-electron chi connectivity index (χ2n) is 5.33. The smallest absolute Gasteiger partial charge is 0.0309 e. The van der Waals surface area contributed by atoms with Gasteiger partial charge in [0.25, 0.3) is 0 Å². The molecule has 14 heavy (non-hydrogen) atoms. The molecule has 0 saturated carbocycles. The Balaban J connectivity index is 1.97. The normalized spacial score (nSPS) is 35.4. The molecule has 2 fully saturated rings. The van der Waals surface area contributed by atoms with E-state index in [0.29, 0.717) is 5.54 Å². The molecule has 0 aromatic carbocycles. The van der Waals surface area contributed by atoms with Gasteiger partial charge >= 0.3 is 0 Å². The monoisotopic (exact) mass is 196 g/mol. The Labute approximate surface area is 88.1 Å². The van der Waals surface area contributed by atoms with Crippen molar-refractivity contribution in [3.8, 4) is 0 Å². The Kier molecular flexibility index (Phi) is 3.13. The first-order valence-corrected chi connectivity index (χ1v) is 6.21. The summed E-state index contributed by atoms with van der Waals surface area (Å²) in [5.74, 6) is 0. The molecule has 2 heteroatoms. The van der Waals surface area contributed by atoms with Crippen LogP contribution in [0.3, 0.4) is 0 Å². The fourth-order valence-corrected chi connectivity index (χ4v) is 2.99. The van der Waals surface area contributed by atoms with Crippen LogP contribution in [0.5, 0.6) is 0 Å². The summed E-state index contributed by atoms with van der Waals surface area (Å²) >= 11 is 0. The van der Waals surface area contributed by atoms with Crippen molar-refractivity contribution < 1.29 is 0 Å². The zero-order chi connectivity index (χ0) is 10.0. The van der Waals surface area contributed by atoms with Crippen molar-refractivity contribution in [3.05, 3.63) is 0 Å². The molecule has 0 radical (unpaired) electrons. The third-order valence-corrected chi connectivity index (χ3v) is 3.92. The largest absolute Gasteiger partial charge is 0.310 e. The molecular formula is C12H24N2. The van der Waals surface area contributed by atoms with Crippen LogP contribution in [0.2, 0.25) is 0 Å². The molecule has 0 amide bonds. The number of nitrogens with one attached hydrogen (secondary N) is 1. The van der Waals surface area contributed by atoms with Gasteiger partial charge in [-0.2, -0.15) is 0 Å². The summed E-state index contributed by atoms with van der Waals surface area (Å²) in [5, 5.41) is 3.78. The summed E-state index contributed by atoms with van der Waals surface area (Å²) in [6, 6.07) is 0.718. The lowest BCUT2D eigenvalue weighted by Gasteiger charge is -2.47. The standard InChI is InChI=1S/C12H24N2/c1-11(2)14-9-5-7-12(10-14)6-3-4-8-13-12/h11,13H,3-10H2,1-2H3. The molecule has 2 heterocycles. The lowest BCUT2D eigenvalue weighted by molar-refractivity contribution is 0.0776. The van der Waals surface area contributed by atoms with Crippen LogP contribution in [-0.4, -0.2) is 36.1 Å². The Morgan fingerprint density at radius 1 is 1.14 bits per heavy atom. The molecule has 1 atom stereocenters. The molecular weight excluding hydrogens is 172 g/mol. The molecule has 82 valence electrons. The minimum atomic E-state index is 0.487. The summed E-state index contributed by atoms with van der Waals surface area (Å²) in [4.78, 5) is 2.64. The molecule has 1 spiro atoms. The van der Waals surface area contributed by atoms with Crippen molar-refractivity contribution in [2.24, 2.45) is 0 Å². The first-order valence-electron chi connectivity index (χ1n) is 6.21. The van der Waals surface area contributed by atoms with Crippen LogP contribution in [0.4, 0.5) is 0 Å². The van der Waals surface area contributed by atoms with E-state index in [1.165, 1.54) is 51.7 Å². The summed E-state index contributed by atoms with van der Waals surface area (Å²) < 4.78 is 0. The van der Waals surface area contributed by atoms with Gasteiger partial charge in [-0.1, -0.05) is 6.42 Å². The molecule has 0 aromatic rings. The van der Waals surface area contributed by atoms with Gasteiger partial charge in [0.05, 0.1) is 0 Å². The van der Waals surface area contributed by atoms with E-state index in [1.807, 2.05) is 0 Å². The summed E-state index contributed by atoms with van der Waals surface area (Å²) in [6.45, 7) is 8.47. The van der Waals surface area contributed by atoms with Crippen LogP contribution in [-0.2, 0) is 0 Å². The van der Waals surface area contributed by atoms with E-state index in [-0.39, 0.29) is 0 Å². The van der Waals surface area contributed by atoms with Gasteiger partial charge in [0, 0.05) is 18.1 Å². The van der Waals surface area contributed by atoms with E-state index in [9.17, 15) is 0 Å². The average Bonchev–Trinajstić information content (AvgIpc) is 2.19. The fourth-order valence-electron chi connectivity index (χ4n) is 2.99. The van der Waals surface area contributed by atoms with Crippen molar-refractivity contribution >= 4 is 0 Å². The van der Waals surface area contributed by atoms with Gasteiger partial charge in [-0.25, -0.2) is 0 Å². The second kappa shape index (κ2) is 4.19. The maximum absolute atomic E-state index is 3.78. The highest BCUT2D eigenvalue weighted by atomic mass is 15.2. The first kappa shape index (κ1) is 10.4. The molecule has 2 nitrogen and oxygen atoms in total. The predicted octanol–water partition coefficient (Wildman–Crippen LogP) is 2.00. The molecule has 2 rings (SSSR count). The summed E-state index contributed by atoms with van der Waals surface area (Å²) in [6.07, 6.45) is 6.99. The lowest BCUT2D eigenvalue weighted by atomic mass is 9.81. The molecule has 2 aliphatic rings. The maximum Gasteiger partial charge on any atom is 0.0309 e. The number of hydrogen-bond donors (Lipinski definition) is 1. The molecule has 2 aliphatic heterocycles. The average molecular weight is 196 g/mol. The molecule has 1 unspecified atom stereocenters. The zero-order valence-electron chi connectivity index (χ0n) is 9.68. The summed E-state index contributed by atoms with van der Waals surface area (Å²) in [7, 11) is 0. The van der Waals surface area contributed by atoms with E-state index >= 15 is 0 Å². The van der Waals surface area contributed by atoms with Crippen LogP contribution < -0.4 is 5.32 Å². The molecule has 1 N–H and O–H groups in total. The minimum Gasteiger partial charge on any atom is -0.310 e. The maximum atomic E-state index is 3.78. The first-order chi connectivity index (χ1) is 6.72. The van der Waals surface area contributed by atoms with E-state index in [1.54, 1.807) is 0 Å².